The highest BCUT2D eigenvalue weighted by Gasteiger charge is 2.38. The SMILES string of the molecule is CC1(N)CCN(c2cccnc2NC(=O)c2nc(-c3ncccc3C(F)(F)F)cnc2N)CC1.CC1(N)CCN(c2cccnc2NC(=O)c2nc(-c3ncccc3OC(F)(F)F)cnc2N)CC1.Nc1ncc(-c2ncccc2OC(F)(F)F)nc1C(=O)Nc1ncccc1N1CCC(N)CC1. The zero-order valence-electron chi connectivity index (χ0n) is 54.8. The van der Waals surface area contributed by atoms with Crippen LogP contribution in [0, 0.1) is 0 Å². The number of hydrogen-bond acceptors (Lipinski definition) is 26. The van der Waals surface area contributed by atoms with E-state index < -0.39 is 59.4 Å². The number of pyridine rings is 6. The van der Waals surface area contributed by atoms with Crippen molar-refractivity contribution >= 4 is 69.7 Å². The maximum absolute atomic E-state index is 13.4. The molecule has 12 rings (SSSR count). The van der Waals surface area contributed by atoms with Gasteiger partial charge in [0.25, 0.3) is 17.7 Å². The molecule has 0 bridgehead atoms. The molecule has 3 saturated heterocycles. The molecule has 29 nitrogen and oxygen atoms in total. The third-order valence-electron chi connectivity index (χ3n) is 16.3. The Bertz CT molecular complexity index is 4510. The van der Waals surface area contributed by atoms with Crippen LogP contribution in [0.4, 0.5) is 91.5 Å². The molecule has 0 atom stereocenters. The van der Waals surface area contributed by atoms with Crippen molar-refractivity contribution in [3.8, 4) is 45.7 Å². The number of piperidine rings is 3. The number of hydrogen-bond donors (Lipinski definition) is 9. The lowest BCUT2D eigenvalue weighted by molar-refractivity contribution is -0.275. The van der Waals surface area contributed by atoms with E-state index in [1.54, 1.807) is 18.2 Å². The quantitative estimate of drug-likeness (QED) is 0.0459. The van der Waals surface area contributed by atoms with Gasteiger partial charge in [0.2, 0.25) is 0 Å². The number of anilines is 9. The largest absolute Gasteiger partial charge is 0.573 e. The Balaban J connectivity index is 0.000000166. The fourth-order valence-electron chi connectivity index (χ4n) is 10.9. The van der Waals surface area contributed by atoms with Gasteiger partial charge in [0.1, 0.15) is 34.2 Å². The van der Waals surface area contributed by atoms with Crippen LogP contribution in [0.5, 0.6) is 11.5 Å². The number of nitrogen functional groups attached to an aromatic ring is 3. The van der Waals surface area contributed by atoms with E-state index in [2.05, 4.69) is 99.9 Å². The van der Waals surface area contributed by atoms with Gasteiger partial charge in [-0.3, -0.25) is 29.3 Å². The molecule has 0 spiro atoms. The van der Waals surface area contributed by atoms with Crippen molar-refractivity contribution < 1.29 is 63.4 Å². The van der Waals surface area contributed by atoms with Crippen LogP contribution in [0.2, 0.25) is 0 Å². The van der Waals surface area contributed by atoms with Gasteiger partial charge in [-0.15, -0.1) is 26.3 Å². The van der Waals surface area contributed by atoms with Crippen LogP contribution in [0.1, 0.15) is 89.4 Å². The van der Waals surface area contributed by atoms with E-state index in [1.165, 1.54) is 55.4 Å². The Labute approximate surface area is 580 Å². The second kappa shape index (κ2) is 31.0. The van der Waals surface area contributed by atoms with Crippen molar-refractivity contribution in [1.29, 1.82) is 0 Å². The molecule has 9 aromatic heterocycles. The number of ether oxygens (including phenoxy) is 2. The number of halogens is 9. The highest BCUT2D eigenvalue weighted by atomic mass is 19.4. The molecule has 540 valence electrons. The molecule has 12 heterocycles. The Kier molecular flexibility index (Phi) is 22.2. The number of rotatable bonds is 14. The summed E-state index contributed by atoms with van der Waals surface area (Å²) in [6.45, 7) is 8.12. The minimum Gasteiger partial charge on any atom is -0.403 e. The molecule has 0 radical (unpaired) electrons. The summed E-state index contributed by atoms with van der Waals surface area (Å²) < 4.78 is 125. The van der Waals surface area contributed by atoms with Crippen molar-refractivity contribution in [2.24, 2.45) is 17.2 Å². The number of carbonyl (C=O) groups is 3. The molecule has 38 heteroatoms. The zero-order valence-corrected chi connectivity index (χ0v) is 54.8. The van der Waals surface area contributed by atoms with Crippen molar-refractivity contribution in [3.63, 3.8) is 0 Å². The van der Waals surface area contributed by atoms with E-state index in [4.69, 9.17) is 34.4 Å². The van der Waals surface area contributed by atoms with Crippen molar-refractivity contribution in [2.45, 2.75) is 88.4 Å². The van der Waals surface area contributed by atoms with Crippen molar-refractivity contribution in [1.82, 2.24) is 59.8 Å². The molecule has 103 heavy (non-hydrogen) atoms. The van der Waals surface area contributed by atoms with E-state index in [9.17, 15) is 53.9 Å². The van der Waals surface area contributed by atoms with E-state index in [0.29, 0.717) is 56.3 Å². The standard InChI is InChI=1S/C22H23F3N8O2.C22H23F3N8O.C21H21F3N8O2/c1-21(27)6-10-33(11-7-21)14-4-2-9-29-19(14)32-20(34)17-18(26)30-12-13(31-17)16-15(5-3-8-28-16)35-22(23,24)25;1-21(27)6-10-33(11-7-21)15-5-3-9-29-19(15)32-20(34)17-18(26)30-12-14(31-17)16-13(22(23,24)25)4-2-8-28-16;22-21(23,24)34-15-4-2-7-27-16(15)13-11-29-18(26)17(30-13)20(33)31-19-14(3-1-8-28-19)32-9-5-12(25)6-10-32/h2-5,8-9,12H,6-7,10-11,27H2,1H3,(H2,26,30)(H,29,32,34);2-5,8-9,12H,6-7,10-11,27H2,1H3,(H2,26,30)(H,29,32,34);1-4,7-8,11-12H,5-6,9-10,25H2,(H2,26,29)(H,28,31,33). The molecule has 3 aliphatic heterocycles. The van der Waals surface area contributed by atoms with Crippen LogP contribution in [-0.4, -0.2) is 147 Å². The number of carbonyl (C=O) groups excluding carboxylic acids is 3. The summed E-state index contributed by atoms with van der Waals surface area (Å²) in [5.74, 6) is -3.21. The van der Waals surface area contributed by atoms with Crippen LogP contribution < -0.4 is 74.5 Å². The molecule has 15 N–H and O–H groups in total. The zero-order chi connectivity index (χ0) is 74.0. The van der Waals surface area contributed by atoms with Gasteiger partial charge in [0, 0.05) is 93.6 Å². The maximum Gasteiger partial charge on any atom is 0.573 e. The first-order valence-electron chi connectivity index (χ1n) is 31.5. The topological polar surface area (TPSA) is 426 Å². The first-order valence-corrected chi connectivity index (χ1v) is 31.5. The summed E-state index contributed by atoms with van der Waals surface area (Å²) in [4.78, 5) is 93.7. The van der Waals surface area contributed by atoms with Gasteiger partial charge >= 0.3 is 18.9 Å². The third kappa shape index (κ3) is 19.2. The molecule has 3 fully saturated rings. The molecule has 0 aliphatic carbocycles. The first-order chi connectivity index (χ1) is 48.8. The molecule has 0 unspecified atom stereocenters. The van der Waals surface area contributed by atoms with E-state index in [-0.39, 0.29) is 97.6 Å². The number of amides is 3. The van der Waals surface area contributed by atoms with Gasteiger partial charge in [0.15, 0.2) is 63.5 Å². The predicted octanol–water partition coefficient (Wildman–Crippen LogP) is 8.68. The summed E-state index contributed by atoms with van der Waals surface area (Å²) in [6, 6.07) is 17.6. The third-order valence-corrected chi connectivity index (χ3v) is 16.3. The summed E-state index contributed by atoms with van der Waals surface area (Å²) >= 11 is 0. The molecule has 9 aromatic rings. The summed E-state index contributed by atoms with van der Waals surface area (Å²) in [5, 5.41) is 8.01. The van der Waals surface area contributed by atoms with Crippen molar-refractivity contribution in [3.05, 3.63) is 151 Å². The van der Waals surface area contributed by atoms with Gasteiger partial charge in [-0.2, -0.15) is 13.2 Å². The molecule has 0 saturated carbocycles. The van der Waals surface area contributed by atoms with Crippen LogP contribution in [0.3, 0.4) is 0 Å². The lowest BCUT2D eigenvalue weighted by Crippen LogP contribution is -2.48. The fourth-order valence-corrected chi connectivity index (χ4v) is 10.9. The Morgan fingerprint density at radius 2 is 0.748 bits per heavy atom. The molecule has 0 aromatic carbocycles. The monoisotopic (exact) mass is 1430 g/mol. The normalized spacial score (nSPS) is 15.3. The molecular formula is C65H67F9N24O5. The van der Waals surface area contributed by atoms with Crippen LogP contribution in [0.15, 0.2) is 129 Å². The number of aromatic nitrogens is 12. The smallest absolute Gasteiger partial charge is 0.403 e. The molecule has 3 amide bonds. The van der Waals surface area contributed by atoms with Crippen LogP contribution in [-0.2, 0) is 6.18 Å². The summed E-state index contributed by atoms with van der Waals surface area (Å²) in [7, 11) is 0. The van der Waals surface area contributed by atoms with E-state index in [1.807, 2.05) is 32.0 Å². The second-order valence-electron chi connectivity index (χ2n) is 24.2. The maximum atomic E-state index is 13.4. The number of nitrogens with zero attached hydrogens (tertiary/aromatic N) is 15. The van der Waals surface area contributed by atoms with Gasteiger partial charge in [-0.1, -0.05) is 0 Å². The van der Waals surface area contributed by atoms with E-state index in [0.717, 1.165) is 75.3 Å². The average Bonchev–Trinajstić information content (AvgIpc) is 0.812. The van der Waals surface area contributed by atoms with Crippen molar-refractivity contribution in [2.75, 3.05) is 87.1 Å². The highest BCUT2D eigenvalue weighted by Crippen LogP contribution is 2.38. The van der Waals surface area contributed by atoms with Gasteiger partial charge in [-0.05, 0) is 125 Å². The lowest BCUT2D eigenvalue weighted by Gasteiger charge is -2.38. The van der Waals surface area contributed by atoms with Gasteiger partial charge in [0.05, 0.1) is 41.2 Å². The van der Waals surface area contributed by atoms with Crippen LogP contribution in [0.25, 0.3) is 34.2 Å². The number of nitrogens with two attached hydrogens (primary N) is 6. The number of nitrogens with one attached hydrogen (secondary N) is 3. The summed E-state index contributed by atoms with van der Waals surface area (Å²) in [6.07, 6.45) is 1.70. The van der Waals surface area contributed by atoms with E-state index >= 15 is 0 Å². The Morgan fingerprint density at radius 1 is 0.447 bits per heavy atom. The predicted molar refractivity (Wildman–Crippen MR) is 361 cm³/mol. The fraction of sp³-hybridized carbons (Fsp3) is 0.308. The Hall–Kier alpha value is -11.8. The highest BCUT2D eigenvalue weighted by molar-refractivity contribution is 6.08. The first kappa shape index (κ1) is 73.9. The van der Waals surface area contributed by atoms with Gasteiger partial charge < -0.3 is 74.5 Å². The molecule has 3 aliphatic rings. The second-order valence-corrected chi connectivity index (χ2v) is 24.2. The van der Waals surface area contributed by atoms with Gasteiger partial charge in [-0.25, -0.2) is 44.9 Å². The summed E-state index contributed by atoms with van der Waals surface area (Å²) in [5.41, 5.74) is 34.2. The lowest BCUT2D eigenvalue weighted by atomic mass is 9.91. The minimum atomic E-state index is -4.94. The average molecular weight is 1440 g/mol. The molecular weight excluding hydrogens is 1370 g/mol. The van der Waals surface area contributed by atoms with Crippen LogP contribution >= 0.6 is 0 Å². The minimum absolute atomic E-state index is 0.120. The number of alkyl halides is 9. The Morgan fingerprint density at radius 3 is 1.09 bits per heavy atom.